The van der Waals surface area contributed by atoms with Crippen LogP contribution in [-0.4, -0.2) is 16.7 Å². The fourth-order valence-corrected chi connectivity index (χ4v) is 2.42. The Morgan fingerprint density at radius 1 is 1.12 bits per heavy atom. The molecule has 0 amide bonds. The highest BCUT2D eigenvalue weighted by atomic mass is 16.3. The summed E-state index contributed by atoms with van der Waals surface area (Å²) in [6, 6.07) is 9.99. The second-order valence-electron chi connectivity index (χ2n) is 4.90. The lowest BCUT2D eigenvalue weighted by Gasteiger charge is -2.34. The fraction of sp³-hybridized carbons (Fsp3) is 0.600. The van der Waals surface area contributed by atoms with Gasteiger partial charge in [-0.05, 0) is 24.8 Å². The summed E-state index contributed by atoms with van der Waals surface area (Å²) in [5.74, 6) is 0. The summed E-state index contributed by atoms with van der Waals surface area (Å²) < 4.78 is 0. The van der Waals surface area contributed by atoms with Crippen LogP contribution in [0.2, 0.25) is 0 Å². The summed E-state index contributed by atoms with van der Waals surface area (Å²) >= 11 is 0. The van der Waals surface area contributed by atoms with Gasteiger partial charge in [-0.25, -0.2) is 0 Å². The van der Waals surface area contributed by atoms with Crippen molar-refractivity contribution in [3.63, 3.8) is 0 Å². The lowest BCUT2D eigenvalue weighted by molar-refractivity contribution is -0.00359. The van der Waals surface area contributed by atoms with Crippen molar-refractivity contribution in [1.29, 1.82) is 0 Å². The maximum Gasteiger partial charge on any atom is 0.0801 e. The van der Waals surface area contributed by atoms with Crippen LogP contribution >= 0.6 is 0 Å². The van der Waals surface area contributed by atoms with Crippen LogP contribution < -0.4 is 5.73 Å². The molecule has 0 heterocycles. The normalized spacial score (nSPS) is 13.6. The van der Waals surface area contributed by atoms with Crippen LogP contribution in [0.5, 0.6) is 0 Å². The van der Waals surface area contributed by atoms with Crippen molar-refractivity contribution in [3.05, 3.63) is 35.9 Å². The summed E-state index contributed by atoms with van der Waals surface area (Å²) in [6.07, 6.45) is 4.26. The average Bonchev–Trinajstić information content (AvgIpc) is 2.31. The third-order valence-corrected chi connectivity index (χ3v) is 3.35. The predicted molar refractivity (Wildman–Crippen MR) is 72.9 cm³/mol. The van der Waals surface area contributed by atoms with E-state index in [1.54, 1.807) is 0 Å². The van der Waals surface area contributed by atoms with E-state index in [0.717, 1.165) is 32.1 Å². The minimum absolute atomic E-state index is 0.176. The molecule has 17 heavy (non-hydrogen) atoms. The fourth-order valence-electron chi connectivity index (χ4n) is 2.42. The van der Waals surface area contributed by atoms with Gasteiger partial charge in [-0.15, -0.1) is 0 Å². The molecule has 0 radical (unpaired) electrons. The summed E-state index contributed by atoms with van der Waals surface area (Å²) in [7, 11) is 0. The highest BCUT2D eigenvalue weighted by Gasteiger charge is 2.32. The quantitative estimate of drug-likeness (QED) is 0.763. The lowest BCUT2D eigenvalue weighted by Crippen LogP contribution is -2.49. The molecule has 3 N–H and O–H groups in total. The molecule has 0 fully saturated rings. The van der Waals surface area contributed by atoms with Crippen molar-refractivity contribution in [3.8, 4) is 0 Å². The van der Waals surface area contributed by atoms with E-state index in [0.29, 0.717) is 0 Å². The van der Waals surface area contributed by atoms with Crippen molar-refractivity contribution in [1.82, 2.24) is 0 Å². The number of benzene rings is 1. The van der Waals surface area contributed by atoms with Crippen molar-refractivity contribution in [2.24, 2.45) is 5.73 Å². The molecule has 0 aromatic heterocycles. The van der Waals surface area contributed by atoms with E-state index >= 15 is 0 Å². The van der Waals surface area contributed by atoms with Gasteiger partial charge in [-0.3, -0.25) is 0 Å². The minimum Gasteiger partial charge on any atom is -0.388 e. The molecule has 1 unspecified atom stereocenters. The number of hydrogen-bond acceptors (Lipinski definition) is 2. The van der Waals surface area contributed by atoms with E-state index in [2.05, 4.69) is 26.0 Å². The van der Waals surface area contributed by atoms with Crippen molar-refractivity contribution in [2.75, 3.05) is 0 Å². The molecule has 0 saturated carbocycles. The Balaban J connectivity index is 2.68. The second-order valence-corrected chi connectivity index (χ2v) is 4.90. The first-order chi connectivity index (χ1) is 8.12. The first-order valence-corrected chi connectivity index (χ1v) is 6.64. The zero-order chi connectivity index (χ0) is 12.7. The van der Waals surface area contributed by atoms with Crippen molar-refractivity contribution in [2.45, 2.75) is 57.6 Å². The Hall–Kier alpha value is -0.860. The van der Waals surface area contributed by atoms with Crippen LogP contribution in [0.1, 0.15) is 45.1 Å². The molecule has 1 aromatic carbocycles. The van der Waals surface area contributed by atoms with Crippen LogP contribution in [0.25, 0.3) is 0 Å². The van der Waals surface area contributed by atoms with Gasteiger partial charge in [-0.1, -0.05) is 57.0 Å². The van der Waals surface area contributed by atoms with Gasteiger partial charge in [0.25, 0.3) is 0 Å². The molecule has 0 aliphatic carbocycles. The van der Waals surface area contributed by atoms with Gasteiger partial charge in [0.05, 0.1) is 5.60 Å². The van der Waals surface area contributed by atoms with Gasteiger partial charge in [0.15, 0.2) is 0 Å². The van der Waals surface area contributed by atoms with Crippen LogP contribution in [0, 0.1) is 0 Å². The van der Waals surface area contributed by atoms with Gasteiger partial charge in [0.1, 0.15) is 0 Å². The van der Waals surface area contributed by atoms with E-state index < -0.39 is 5.60 Å². The molecular formula is C15H25NO. The molecule has 1 aromatic rings. The van der Waals surface area contributed by atoms with Crippen LogP contribution in [-0.2, 0) is 6.42 Å². The maximum absolute atomic E-state index is 10.6. The highest BCUT2D eigenvalue weighted by molar-refractivity contribution is 5.17. The van der Waals surface area contributed by atoms with Gasteiger partial charge in [0, 0.05) is 6.04 Å². The number of aliphatic hydroxyl groups is 1. The van der Waals surface area contributed by atoms with E-state index in [4.69, 9.17) is 5.73 Å². The minimum atomic E-state index is -0.709. The monoisotopic (exact) mass is 235 g/mol. The Morgan fingerprint density at radius 3 is 2.12 bits per heavy atom. The summed E-state index contributed by atoms with van der Waals surface area (Å²) in [6.45, 7) is 4.19. The van der Waals surface area contributed by atoms with Crippen LogP contribution in [0.15, 0.2) is 30.3 Å². The van der Waals surface area contributed by atoms with Gasteiger partial charge >= 0.3 is 0 Å². The van der Waals surface area contributed by atoms with E-state index in [1.807, 2.05) is 18.2 Å². The molecule has 0 saturated heterocycles. The zero-order valence-corrected chi connectivity index (χ0v) is 11.0. The Labute approximate surface area is 105 Å². The topological polar surface area (TPSA) is 46.2 Å². The summed E-state index contributed by atoms with van der Waals surface area (Å²) in [5, 5.41) is 10.6. The van der Waals surface area contributed by atoms with Crippen LogP contribution in [0.3, 0.4) is 0 Å². The zero-order valence-electron chi connectivity index (χ0n) is 11.0. The second kappa shape index (κ2) is 6.77. The first-order valence-electron chi connectivity index (χ1n) is 6.64. The largest absolute Gasteiger partial charge is 0.388 e. The molecule has 1 rings (SSSR count). The maximum atomic E-state index is 10.6. The Kier molecular flexibility index (Phi) is 5.66. The number of nitrogens with two attached hydrogens (primary N) is 1. The molecule has 2 heteroatoms. The number of rotatable bonds is 7. The first kappa shape index (κ1) is 14.2. The molecule has 0 bridgehead atoms. The van der Waals surface area contributed by atoms with Crippen LogP contribution in [0.4, 0.5) is 0 Å². The lowest BCUT2D eigenvalue weighted by atomic mass is 9.82. The third-order valence-electron chi connectivity index (χ3n) is 3.35. The van der Waals surface area contributed by atoms with E-state index in [9.17, 15) is 5.11 Å². The summed E-state index contributed by atoms with van der Waals surface area (Å²) in [5.41, 5.74) is 6.70. The third kappa shape index (κ3) is 4.14. The molecule has 0 spiro atoms. The molecule has 0 aliphatic heterocycles. The van der Waals surface area contributed by atoms with Crippen molar-refractivity contribution < 1.29 is 5.11 Å². The molecule has 0 aliphatic rings. The number of hydrogen-bond donors (Lipinski definition) is 2. The standard InChI is InChI=1S/C15H25NO/c1-3-10-15(17,11-4-2)14(16)12-13-8-6-5-7-9-13/h5-9,14,17H,3-4,10-12,16H2,1-2H3. The van der Waals surface area contributed by atoms with Crippen molar-refractivity contribution >= 4 is 0 Å². The molecule has 96 valence electrons. The van der Waals surface area contributed by atoms with E-state index in [-0.39, 0.29) is 6.04 Å². The summed E-state index contributed by atoms with van der Waals surface area (Å²) in [4.78, 5) is 0. The van der Waals surface area contributed by atoms with Gasteiger partial charge < -0.3 is 10.8 Å². The average molecular weight is 235 g/mol. The molecular weight excluding hydrogens is 210 g/mol. The SMILES string of the molecule is CCCC(O)(CCC)C(N)Cc1ccccc1. The molecule has 1 atom stereocenters. The Morgan fingerprint density at radius 2 is 1.65 bits per heavy atom. The van der Waals surface area contributed by atoms with E-state index in [1.165, 1.54) is 5.56 Å². The smallest absolute Gasteiger partial charge is 0.0801 e. The van der Waals surface area contributed by atoms with Gasteiger partial charge in [-0.2, -0.15) is 0 Å². The Bertz CT molecular complexity index is 304. The molecule has 2 nitrogen and oxygen atoms in total. The highest BCUT2D eigenvalue weighted by Crippen LogP contribution is 2.24. The van der Waals surface area contributed by atoms with Gasteiger partial charge in [0.2, 0.25) is 0 Å². The predicted octanol–water partition coefficient (Wildman–Crippen LogP) is 2.89.